The summed E-state index contributed by atoms with van der Waals surface area (Å²) in [7, 11) is 0. The maximum atomic E-state index is 10.9. The van der Waals surface area contributed by atoms with E-state index in [1.165, 1.54) is 0 Å². The van der Waals surface area contributed by atoms with E-state index in [0.717, 1.165) is 11.1 Å². The quantitative estimate of drug-likeness (QED) is 0.452. The molecule has 3 aromatic carbocycles. The number of carboxylic acid groups (broad SMARTS) is 1. The van der Waals surface area contributed by atoms with Crippen molar-refractivity contribution in [2.75, 3.05) is 0 Å². The lowest BCUT2D eigenvalue weighted by atomic mass is 10.1. The minimum atomic E-state index is -0.958. The molecule has 0 amide bonds. The van der Waals surface area contributed by atoms with Crippen LogP contribution in [0.1, 0.15) is 27.4 Å². The normalized spacial score (nSPS) is 11.2. The predicted molar refractivity (Wildman–Crippen MR) is 112 cm³/mol. The molecule has 0 unspecified atom stereocenters. The van der Waals surface area contributed by atoms with E-state index in [9.17, 15) is 10.1 Å². The zero-order valence-corrected chi connectivity index (χ0v) is 15.8. The van der Waals surface area contributed by atoms with E-state index in [1.807, 2.05) is 36.4 Å². The van der Waals surface area contributed by atoms with Gasteiger partial charge in [-0.15, -0.1) is 0 Å². The lowest BCUT2D eigenvalue weighted by Gasteiger charge is -2.07. The van der Waals surface area contributed by atoms with Crippen LogP contribution in [0.15, 0.2) is 77.2 Å². The highest BCUT2D eigenvalue weighted by atomic mass is 16.5. The number of oxazole rings is 1. The van der Waals surface area contributed by atoms with E-state index in [-0.39, 0.29) is 11.5 Å². The number of aromatic nitrogens is 1. The molecule has 0 fully saturated rings. The molecule has 0 aliphatic rings. The largest absolute Gasteiger partial charge is 0.489 e. The van der Waals surface area contributed by atoms with Gasteiger partial charge in [0.05, 0.1) is 5.56 Å². The molecule has 4 rings (SSSR count). The second kappa shape index (κ2) is 8.33. The molecule has 0 bridgehead atoms. The van der Waals surface area contributed by atoms with Crippen LogP contribution in [0.5, 0.6) is 5.75 Å². The molecular formula is C24H16N2O4. The number of nitrogens with zero attached hydrogens (tertiary/aromatic N) is 2. The Morgan fingerprint density at radius 3 is 2.47 bits per heavy atom. The van der Waals surface area contributed by atoms with Crippen LogP contribution in [0.3, 0.4) is 0 Å². The van der Waals surface area contributed by atoms with Crippen molar-refractivity contribution in [3.8, 4) is 11.8 Å². The Bertz CT molecular complexity index is 1230. The molecule has 1 N–H and O–H groups in total. The van der Waals surface area contributed by atoms with E-state index in [0.29, 0.717) is 29.0 Å². The first-order valence-corrected chi connectivity index (χ1v) is 9.15. The molecule has 0 aliphatic heterocycles. The van der Waals surface area contributed by atoms with Crippen molar-refractivity contribution in [3.63, 3.8) is 0 Å². The van der Waals surface area contributed by atoms with Gasteiger partial charge in [0.15, 0.2) is 5.58 Å². The highest BCUT2D eigenvalue weighted by molar-refractivity contribution is 5.89. The van der Waals surface area contributed by atoms with Crippen molar-refractivity contribution < 1.29 is 19.1 Å². The van der Waals surface area contributed by atoms with Gasteiger partial charge in [-0.2, -0.15) is 5.26 Å². The average Bonchev–Trinajstić information content (AvgIpc) is 3.21. The van der Waals surface area contributed by atoms with Gasteiger partial charge >= 0.3 is 5.97 Å². The summed E-state index contributed by atoms with van der Waals surface area (Å²) in [6.07, 6.45) is 1.71. The standard InChI is InChI=1S/C24H16N2O4/c25-14-19(23-26-21-3-1-2-4-22(21)30-23)13-16-7-11-20(12-8-16)29-15-17-5-9-18(10-6-17)24(27)28/h1-13H,15H2,(H,27,28)/b19-13+. The monoisotopic (exact) mass is 396 g/mol. The summed E-state index contributed by atoms with van der Waals surface area (Å²) >= 11 is 0. The van der Waals surface area contributed by atoms with Crippen LogP contribution in [0.25, 0.3) is 22.7 Å². The molecular weight excluding hydrogens is 380 g/mol. The summed E-state index contributed by atoms with van der Waals surface area (Å²) in [5.74, 6) is -0.0145. The fourth-order valence-electron chi connectivity index (χ4n) is 2.87. The molecule has 6 heteroatoms. The number of allylic oxidation sites excluding steroid dienone is 1. The molecule has 1 heterocycles. The Balaban J connectivity index is 1.45. The number of fused-ring (bicyclic) bond motifs is 1. The number of hydrogen-bond donors (Lipinski definition) is 1. The Morgan fingerprint density at radius 2 is 1.80 bits per heavy atom. The Labute approximate surface area is 172 Å². The zero-order valence-electron chi connectivity index (χ0n) is 15.8. The maximum absolute atomic E-state index is 10.9. The maximum Gasteiger partial charge on any atom is 0.335 e. The van der Waals surface area contributed by atoms with Crippen molar-refractivity contribution in [2.24, 2.45) is 0 Å². The second-order valence-corrected chi connectivity index (χ2v) is 6.52. The zero-order chi connectivity index (χ0) is 20.9. The van der Waals surface area contributed by atoms with E-state index in [4.69, 9.17) is 14.3 Å². The molecule has 1 aromatic heterocycles. The number of carbonyl (C=O) groups is 1. The smallest absolute Gasteiger partial charge is 0.335 e. The van der Waals surface area contributed by atoms with Crippen molar-refractivity contribution in [3.05, 3.63) is 95.4 Å². The lowest BCUT2D eigenvalue weighted by molar-refractivity contribution is 0.0697. The average molecular weight is 396 g/mol. The predicted octanol–water partition coefficient (Wildman–Crippen LogP) is 5.17. The highest BCUT2D eigenvalue weighted by Gasteiger charge is 2.10. The van der Waals surface area contributed by atoms with Crippen LogP contribution in [-0.2, 0) is 6.61 Å². The summed E-state index contributed by atoms with van der Waals surface area (Å²) in [4.78, 5) is 15.3. The Hall–Kier alpha value is -4.37. The molecule has 0 saturated heterocycles. The minimum absolute atomic E-state index is 0.238. The van der Waals surface area contributed by atoms with E-state index in [2.05, 4.69) is 11.1 Å². The van der Waals surface area contributed by atoms with E-state index < -0.39 is 5.97 Å². The SMILES string of the molecule is N#C/C(=C\c1ccc(OCc2ccc(C(=O)O)cc2)cc1)c1nc2ccccc2o1. The number of para-hydroxylation sites is 2. The summed E-state index contributed by atoms with van der Waals surface area (Å²) < 4.78 is 11.4. The molecule has 0 spiro atoms. The fraction of sp³-hybridized carbons (Fsp3) is 0.0417. The van der Waals surface area contributed by atoms with Gasteiger partial charge in [-0.05, 0) is 53.6 Å². The lowest BCUT2D eigenvalue weighted by Crippen LogP contribution is -1.98. The summed E-state index contributed by atoms with van der Waals surface area (Å²) in [5, 5.41) is 18.4. The number of nitriles is 1. The molecule has 30 heavy (non-hydrogen) atoms. The Morgan fingerprint density at radius 1 is 1.07 bits per heavy atom. The molecule has 0 saturated carbocycles. The van der Waals surface area contributed by atoms with Gasteiger partial charge in [-0.1, -0.05) is 36.4 Å². The van der Waals surface area contributed by atoms with Crippen molar-refractivity contribution >= 4 is 28.7 Å². The molecule has 146 valence electrons. The van der Waals surface area contributed by atoms with Crippen LogP contribution in [-0.4, -0.2) is 16.1 Å². The molecule has 0 atom stereocenters. The number of rotatable bonds is 6. The molecule has 0 radical (unpaired) electrons. The van der Waals surface area contributed by atoms with Gasteiger partial charge in [0, 0.05) is 0 Å². The molecule has 4 aromatic rings. The van der Waals surface area contributed by atoms with Crippen LogP contribution < -0.4 is 4.74 Å². The first kappa shape index (κ1) is 19.0. The van der Waals surface area contributed by atoms with Crippen molar-refractivity contribution in [2.45, 2.75) is 6.61 Å². The van der Waals surface area contributed by atoms with Gasteiger partial charge in [0.1, 0.15) is 29.5 Å². The number of hydrogen-bond acceptors (Lipinski definition) is 5. The third-order valence-corrected chi connectivity index (χ3v) is 4.44. The first-order chi connectivity index (χ1) is 14.6. The van der Waals surface area contributed by atoms with E-state index in [1.54, 1.807) is 42.5 Å². The van der Waals surface area contributed by atoms with E-state index >= 15 is 0 Å². The molecule has 6 nitrogen and oxygen atoms in total. The van der Waals surface area contributed by atoms with Crippen LogP contribution in [0, 0.1) is 11.3 Å². The number of carboxylic acids is 1. The van der Waals surface area contributed by atoms with Crippen LogP contribution >= 0.6 is 0 Å². The highest BCUT2D eigenvalue weighted by Crippen LogP contribution is 2.23. The van der Waals surface area contributed by atoms with Gasteiger partial charge in [-0.3, -0.25) is 0 Å². The first-order valence-electron chi connectivity index (χ1n) is 9.15. The van der Waals surface area contributed by atoms with Gasteiger partial charge in [0.2, 0.25) is 5.89 Å². The third kappa shape index (κ3) is 4.21. The Kier molecular flexibility index (Phi) is 5.27. The summed E-state index contributed by atoms with van der Waals surface area (Å²) in [5.41, 5.74) is 3.58. The minimum Gasteiger partial charge on any atom is -0.489 e. The van der Waals surface area contributed by atoms with Gasteiger partial charge in [-0.25, -0.2) is 9.78 Å². The van der Waals surface area contributed by atoms with Crippen molar-refractivity contribution in [1.82, 2.24) is 4.98 Å². The topological polar surface area (TPSA) is 96.3 Å². The number of aromatic carboxylic acids is 1. The van der Waals surface area contributed by atoms with Crippen molar-refractivity contribution in [1.29, 1.82) is 5.26 Å². The number of ether oxygens (including phenoxy) is 1. The summed E-state index contributed by atoms with van der Waals surface area (Å²) in [6.45, 7) is 0.321. The van der Waals surface area contributed by atoms with Crippen LogP contribution in [0.4, 0.5) is 0 Å². The van der Waals surface area contributed by atoms with Gasteiger partial charge < -0.3 is 14.3 Å². The number of benzene rings is 3. The molecule has 0 aliphatic carbocycles. The second-order valence-electron chi connectivity index (χ2n) is 6.52. The van der Waals surface area contributed by atoms with Gasteiger partial charge in [0.25, 0.3) is 0 Å². The van der Waals surface area contributed by atoms with Crippen LogP contribution in [0.2, 0.25) is 0 Å². The summed E-state index contributed by atoms with van der Waals surface area (Å²) in [6, 6.07) is 23.3. The third-order valence-electron chi connectivity index (χ3n) is 4.44. The fourth-order valence-corrected chi connectivity index (χ4v) is 2.87.